The molecule has 2 aliphatic heterocycles. The standard InChI is InChI=1S/C12H25N3O/c16-10-9-14-5-7-15(8-6-14)11-12-3-1-2-4-13-12/h12-13,16H,1-11H2. The topological polar surface area (TPSA) is 38.7 Å². The Morgan fingerprint density at radius 3 is 2.44 bits per heavy atom. The first-order valence-electron chi connectivity index (χ1n) is 6.67. The van der Waals surface area contributed by atoms with E-state index < -0.39 is 0 Å². The van der Waals surface area contributed by atoms with E-state index >= 15 is 0 Å². The van der Waals surface area contributed by atoms with E-state index in [0.29, 0.717) is 6.61 Å². The summed E-state index contributed by atoms with van der Waals surface area (Å²) in [6.07, 6.45) is 4.08. The Kier molecular flexibility index (Phi) is 5.03. The summed E-state index contributed by atoms with van der Waals surface area (Å²) in [6, 6.07) is 0.721. The van der Waals surface area contributed by atoms with Crippen LogP contribution in [0.3, 0.4) is 0 Å². The summed E-state index contributed by atoms with van der Waals surface area (Å²) in [4.78, 5) is 4.92. The third-order valence-electron chi connectivity index (χ3n) is 3.77. The largest absolute Gasteiger partial charge is 0.395 e. The van der Waals surface area contributed by atoms with Crippen molar-refractivity contribution < 1.29 is 5.11 Å². The second kappa shape index (κ2) is 6.55. The predicted octanol–water partition coefficient (Wildman–Crippen LogP) is -0.262. The van der Waals surface area contributed by atoms with Gasteiger partial charge in [-0.1, -0.05) is 6.42 Å². The first-order chi connectivity index (χ1) is 7.88. The maximum Gasteiger partial charge on any atom is 0.0558 e. The highest BCUT2D eigenvalue weighted by molar-refractivity contribution is 4.79. The fourth-order valence-electron chi connectivity index (χ4n) is 2.73. The first-order valence-corrected chi connectivity index (χ1v) is 6.67. The average molecular weight is 227 g/mol. The highest BCUT2D eigenvalue weighted by atomic mass is 16.3. The molecule has 0 spiro atoms. The molecule has 16 heavy (non-hydrogen) atoms. The van der Waals surface area contributed by atoms with Crippen LogP contribution in [0.5, 0.6) is 0 Å². The van der Waals surface area contributed by atoms with Crippen LogP contribution >= 0.6 is 0 Å². The maximum absolute atomic E-state index is 8.88. The van der Waals surface area contributed by atoms with E-state index in [1.54, 1.807) is 0 Å². The highest BCUT2D eigenvalue weighted by Gasteiger charge is 2.20. The maximum atomic E-state index is 8.88. The summed E-state index contributed by atoms with van der Waals surface area (Å²) in [5.41, 5.74) is 0. The molecule has 0 saturated carbocycles. The lowest BCUT2D eigenvalue weighted by Crippen LogP contribution is -2.51. The van der Waals surface area contributed by atoms with E-state index in [2.05, 4.69) is 15.1 Å². The van der Waals surface area contributed by atoms with Gasteiger partial charge in [0, 0.05) is 45.3 Å². The van der Waals surface area contributed by atoms with Crippen molar-refractivity contribution in [3.05, 3.63) is 0 Å². The van der Waals surface area contributed by atoms with Crippen molar-refractivity contribution >= 4 is 0 Å². The van der Waals surface area contributed by atoms with Crippen molar-refractivity contribution in [2.75, 3.05) is 52.4 Å². The Balaban J connectivity index is 1.64. The number of hydrogen-bond donors (Lipinski definition) is 2. The molecule has 2 heterocycles. The second-order valence-electron chi connectivity index (χ2n) is 5.01. The van der Waals surface area contributed by atoms with Crippen LogP contribution in [0.15, 0.2) is 0 Å². The van der Waals surface area contributed by atoms with Gasteiger partial charge in [0.2, 0.25) is 0 Å². The predicted molar refractivity (Wildman–Crippen MR) is 65.6 cm³/mol. The van der Waals surface area contributed by atoms with Crippen molar-refractivity contribution in [3.63, 3.8) is 0 Å². The van der Waals surface area contributed by atoms with Gasteiger partial charge < -0.3 is 10.4 Å². The lowest BCUT2D eigenvalue weighted by Gasteiger charge is -2.37. The zero-order chi connectivity index (χ0) is 11.2. The van der Waals surface area contributed by atoms with Gasteiger partial charge in [-0.2, -0.15) is 0 Å². The van der Waals surface area contributed by atoms with Gasteiger partial charge in [-0.3, -0.25) is 9.80 Å². The third-order valence-corrected chi connectivity index (χ3v) is 3.77. The average Bonchev–Trinajstić information content (AvgIpc) is 2.33. The number of piperidine rings is 1. The number of rotatable bonds is 4. The summed E-state index contributed by atoms with van der Waals surface area (Å²) in [5.74, 6) is 0. The SMILES string of the molecule is OCCN1CCN(CC2CCCCN2)CC1. The molecule has 0 aliphatic carbocycles. The van der Waals surface area contributed by atoms with Crippen molar-refractivity contribution in [1.82, 2.24) is 15.1 Å². The molecule has 2 saturated heterocycles. The van der Waals surface area contributed by atoms with Crippen LogP contribution in [0.1, 0.15) is 19.3 Å². The Bertz CT molecular complexity index is 187. The first kappa shape index (κ1) is 12.3. The summed E-state index contributed by atoms with van der Waals surface area (Å²) in [6.45, 7) is 8.12. The lowest BCUT2D eigenvalue weighted by atomic mass is 10.0. The van der Waals surface area contributed by atoms with Crippen LogP contribution < -0.4 is 5.32 Å². The molecule has 4 nitrogen and oxygen atoms in total. The van der Waals surface area contributed by atoms with Crippen LogP contribution in [0.4, 0.5) is 0 Å². The Morgan fingerprint density at radius 1 is 1.06 bits per heavy atom. The molecule has 0 bridgehead atoms. The molecule has 2 fully saturated rings. The van der Waals surface area contributed by atoms with Crippen molar-refractivity contribution in [2.45, 2.75) is 25.3 Å². The molecule has 0 aromatic carbocycles. The Hall–Kier alpha value is -0.160. The summed E-state index contributed by atoms with van der Waals surface area (Å²) in [7, 11) is 0. The fourth-order valence-corrected chi connectivity index (χ4v) is 2.73. The van der Waals surface area contributed by atoms with Crippen LogP contribution in [-0.4, -0.2) is 73.4 Å². The van der Waals surface area contributed by atoms with Gasteiger partial charge >= 0.3 is 0 Å². The smallest absolute Gasteiger partial charge is 0.0558 e. The number of aliphatic hydroxyl groups is 1. The quantitative estimate of drug-likeness (QED) is 0.694. The lowest BCUT2D eigenvalue weighted by molar-refractivity contribution is 0.103. The van der Waals surface area contributed by atoms with Crippen molar-refractivity contribution in [2.24, 2.45) is 0 Å². The second-order valence-corrected chi connectivity index (χ2v) is 5.01. The zero-order valence-electron chi connectivity index (χ0n) is 10.2. The minimum Gasteiger partial charge on any atom is -0.395 e. The van der Waals surface area contributed by atoms with E-state index in [1.165, 1.54) is 32.4 Å². The van der Waals surface area contributed by atoms with E-state index in [0.717, 1.165) is 38.8 Å². The number of piperazine rings is 1. The van der Waals surface area contributed by atoms with Crippen LogP contribution in [0.25, 0.3) is 0 Å². The molecule has 2 rings (SSSR count). The van der Waals surface area contributed by atoms with Gasteiger partial charge in [0.25, 0.3) is 0 Å². The van der Waals surface area contributed by atoms with Gasteiger partial charge in [0.1, 0.15) is 0 Å². The van der Waals surface area contributed by atoms with E-state index in [9.17, 15) is 0 Å². The minimum atomic E-state index is 0.296. The van der Waals surface area contributed by atoms with Gasteiger partial charge in [-0.05, 0) is 19.4 Å². The molecule has 2 N–H and O–H groups in total. The van der Waals surface area contributed by atoms with Crippen LogP contribution in [0.2, 0.25) is 0 Å². The van der Waals surface area contributed by atoms with Crippen molar-refractivity contribution in [3.8, 4) is 0 Å². The number of hydrogen-bond acceptors (Lipinski definition) is 4. The molecule has 0 aromatic heterocycles. The van der Waals surface area contributed by atoms with E-state index in [-0.39, 0.29) is 0 Å². The fraction of sp³-hybridized carbons (Fsp3) is 1.00. The molecule has 1 atom stereocenters. The number of aliphatic hydroxyl groups excluding tert-OH is 1. The molecule has 1 unspecified atom stereocenters. The molecule has 4 heteroatoms. The van der Waals surface area contributed by atoms with E-state index in [4.69, 9.17) is 5.11 Å². The number of β-amino-alcohol motifs (C(OH)–C–C–N with tert-alkyl or cyclic N) is 1. The highest BCUT2D eigenvalue weighted by Crippen LogP contribution is 2.10. The Morgan fingerprint density at radius 2 is 1.81 bits per heavy atom. The number of nitrogens with zero attached hydrogens (tertiary/aromatic N) is 2. The summed E-state index contributed by atoms with van der Waals surface area (Å²) < 4.78 is 0. The van der Waals surface area contributed by atoms with Gasteiger partial charge in [0.15, 0.2) is 0 Å². The molecule has 0 amide bonds. The zero-order valence-corrected chi connectivity index (χ0v) is 10.2. The number of nitrogens with one attached hydrogen (secondary N) is 1. The third kappa shape index (κ3) is 3.70. The van der Waals surface area contributed by atoms with Gasteiger partial charge in [0.05, 0.1) is 6.61 Å². The molecule has 0 radical (unpaired) electrons. The molecule has 94 valence electrons. The summed E-state index contributed by atoms with van der Waals surface area (Å²) >= 11 is 0. The normalized spacial score (nSPS) is 29.4. The minimum absolute atomic E-state index is 0.296. The van der Waals surface area contributed by atoms with Gasteiger partial charge in [-0.25, -0.2) is 0 Å². The van der Waals surface area contributed by atoms with Crippen molar-refractivity contribution in [1.29, 1.82) is 0 Å². The molecular formula is C12H25N3O. The molecule has 2 aliphatic rings. The Labute approximate surface area is 98.6 Å². The molecule has 0 aromatic rings. The van der Waals surface area contributed by atoms with Crippen LogP contribution in [-0.2, 0) is 0 Å². The van der Waals surface area contributed by atoms with Crippen LogP contribution in [0, 0.1) is 0 Å². The summed E-state index contributed by atoms with van der Waals surface area (Å²) in [5, 5.41) is 12.5. The monoisotopic (exact) mass is 227 g/mol. The molecular weight excluding hydrogens is 202 g/mol. The van der Waals surface area contributed by atoms with E-state index in [1.807, 2.05) is 0 Å². The van der Waals surface area contributed by atoms with Gasteiger partial charge in [-0.15, -0.1) is 0 Å².